The van der Waals surface area contributed by atoms with Crippen molar-refractivity contribution < 1.29 is 9.90 Å². The highest BCUT2D eigenvalue weighted by Gasteiger charge is 2.30. The SMILES string of the molecule is CN(C)CC(C(=O)O)C1CCSC1. The van der Waals surface area contributed by atoms with Crippen molar-refractivity contribution in [1.82, 2.24) is 4.90 Å². The maximum Gasteiger partial charge on any atom is 0.308 e. The molecule has 0 aromatic rings. The van der Waals surface area contributed by atoms with Crippen LogP contribution in [0.25, 0.3) is 0 Å². The van der Waals surface area contributed by atoms with Gasteiger partial charge in [-0.05, 0) is 37.9 Å². The number of carbonyl (C=O) groups is 1. The minimum atomic E-state index is -0.638. The summed E-state index contributed by atoms with van der Waals surface area (Å²) in [4.78, 5) is 12.9. The Hall–Kier alpha value is -0.220. The van der Waals surface area contributed by atoms with Crippen LogP contribution in [0.3, 0.4) is 0 Å². The first-order chi connectivity index (χ1) is 6.11. The molecule has 1 saturated heterocycles. The van der Waals surface area contributed by atoms with Crippen LogP contribution in [0.4, 0.5) is 0 Å². The van der Waals surface area contributed by atoms with E-state index in [0.29, 0.717) is 12.5 Å². The third-order valence-corrected chi connectivity index (χ3v) is 3.60. The molecule has 1 aliphatic heterocycles. The van der Waals surface area contributed by atoms with Gasteiger partial charge < -0.3 is 10.0 Å². The highest BCUT2D eigenvalue weighted by molar-refractivity contribution is 7.99. The molecule has 1 fully saturated rings. The van der Waals surface area contributed by atoms with Gasteiger partial charge in [0.15, 0.2) is 0 Å². The van der Waals surface area contributed by atoms with Crippen molar-refractivity contribution in [1.29, 1.82) is 0 Å². The molecule has 0 aromatic carbocycles. The van der Waals surface area contributed by atoms with Gasteiger partial charge in [-0.2, -0.15) is 11.8 Å². The lowest BCUT2D eigenvalue weighted by Crippen LogP contribution is -2.33. The van der Waals surface area contributed by atoms with Crippen LogP contribution in [0, 0.1) is 11.8 Å². The van der Waals surface area contributed by atoms with E-state index in [2.05, 4.69) is 0 Å². The predicted octanol–water partition coefficient (Wildman–Crippen LogP) is 1.00. The van der Waals surface area contributed by atoms with Gasteiger partial charge in [0, 0.05) is 6.54 Å². The molecule has 0 saturated carbocycles. The first-order valence-electron chi connectivity index (χ1n) is 4.56. The minimum Gasteiger partial charge on any atom is -0.481 e. The number of hydrogen-bond acceptors (Lipinski definition) is 3. The number of carboxylic acids is 1. The number of nitrogens with zero attached hydrogens (tertiary/aromatic N) is 1. The standard InChI is InChI=1S/C9H17NO2S/c1-10(2)5-8(9(11)12)7-3-4-13-6-7/h7-8H,3-6H2,1-2H3,(H,11,12). The van der Waals surface area contributed by atoms with Crippen LogP contribution >= 0.6 is 11.8 Å². The Labute approximate surface area is 83.5 Å². The number of rotatable bonds is 4. The zero-order valence-corrected chi connectivity index (χ0v) is 9.01. The van der Waals surface area contributed by atoms with Crippen LogP contribution in [0.2, 0.25) is 0 Å². The molecule has 2 atom stereocenters. The summed E-state index contributed by atoms with van der Waals surface area (Å²) in [5.41, 5.74) is 0. The number of carboxylic acid groups (broad SMARTS) is 1. The lowest BCUT2D eigenvalue weighted by molar-refractivity contribution is -0.143. The number of hydrogen-bond donors (Lipinski definition) is 1. The largest absolute Gasteiger partial charge is 0.481 e. The fourth-order valence-electron chi connectivity index (χ4n) is 1.69. The third kappa shape index (κ3) is 3.19. The molecule has 0 spiro atoms. The van der Waals surface area contributed by atoms with Crippen molar-refractivity contribution in [3.05, 3.63) is 0 Å². The van der Waals surface area contributed by atoms with Gasteiger partial charge in [-0.3, -0.25) is 4.79 Å². The molecule has 0 radical (unpaired) electrons. The molecule has 4 heteroatoms. The summed E-state index contributed by atoms with van der Waals surface area (Å²) in [6.07, 6.45) is 1.06. The average molecular weight is 203 g/mol. The Morgan fingerprint density at radius 2 is 2.38 bits per heavy atom. The van der Waals surface area contributed by atoms with Crippen LogP contribution in [0.5, 0.6) is 0 Å². The lowest BCUT2D eigenvalue weighted by atomic mass is 9.91. The summed E-state index contributed by atoms with van der Waals surface area (Å²) in [5.74, 6) is 1.71. The molecular formula is C9H17NO2S. The fraction of sp³-hybridized carbons (Fsp3) is 0.889. The Bertz CT molecular complexity index is 178. The Kier molecular flexibility index (Phi) is 4.06. The van der Waals surface area contributed by atoms with Crippen molar-refractivity contribution in [2.24, 2.45) is 11.8 Å². The molecule has 13 heavy (non-hydrogen) atoms. The molecule has 1 aliphatic rings. The first-order valence-corrected chi connectivity index (χ1v) is 5.72. The molecule has 1 heterocycles. The van der Waals surface area contributed by atoms with E-state index in [0.717, 1.165) is 17.9 Å². The van der Waals surface area contributed by atoms with E-state index in [-0.39, 0.29) is 5.92 Å². The Morgan fingerprint density at radius 1 is 1.69 bits per heavy atom. The number of thioether (sulfide) groups is 1. The van der Waals surface area contributed by atoms with Gasteiger partial charge in [0.2, 0.25) is 0 Å². The van der Waals surface area contributed by atoms with E-state index in [1.54, 1.807) is 0 Å². The molecule has 3 nitrogen and oxygen atoms in total. The fourth-order valence-corrected chi connectivity index (χ4v) is 3.03. The average Bonchev–Trinajstić information content (AvgIpc) is 2.50. The van der Waals surface area contributed by atoms with Crippen molar-refractivity contribution in [3.63, 3.8) is 0 Å². The van der Waals surface area contributed by atoms with Crippen LogP contribution < -0.4 is 0 Å². The smallest absolute Gasteiger partial charge is 0.308 e. The summed E-state index contributed by atoms with van der Waals surface area (Å²) in [7, 11) is 3.86. The lowest BCUT2D eigenvalue weighted by Gasteiger charge is -2.21. The first kappa shape index (κ1) is 10.9. The summed E-state index contributed by atoms with van der Waals surface area (Å²) >= 11 is 1.87. The monoisotopic (exact) mass is 203 g/mol. The van der Waals surface area contributed by atoms with Gasteiger partial charge in [-0.1, -0.05) is 0 Å². The predicted molar refractivity (Wildman–Crippen MR) is 55.1 cm³/mol. The maximum atomic E-state index is 11.0. The van der Waals surface area contributed by atoms with Crippen LogP contribution in [0.15, 0.2) is 0 Å². The zero-order chi connectivity index (χ0) is 9.84. The van der Waals surface area contributed by atoms with Crippen molar-refractivity contribution in [2.75, 3.05) is 32.1 Å². The summed E-state index contributed by atoms with van der Waals surface area (Å²) < 4.78 is 0. The third-order valence-electron chi connectivity index (χ3n) is 2.41. The van der Waals surface area contributed by atoms with E-state index < -0.39 is 5.97 Å². The quantitative estimate of drug-likeness (QED) is 0.740. The molecule has 1 N–H and O–H groups in total. The van der Waals surface area contributed by atoms with E-state index in [1.807, 2.05) is 30.8 Å². The van der Waals surface area contributed by atoms with Gasteiger partial charge in [0.25, 0.3) is 0 Å². The van der Waals surface area contributed by atoms with Crippen molar-refractivity contribution in [2.45, 2.75) is 6.42 Å². The summed E-state index contributed by atoms with van der Waals surface area (Å²) in [5, 5.41) is 9.05. The molecule has 76 valence electrons. The molecule has 0 amide bonds. The zero-order valence-electron chi connectivity index (χ0n) is 8.19. The summed E-state index contributed by atoms with van der Waals surface area (Å²) in [6.45, 7) is 0.667. The highest BCUT2D eigenvalue weighted by atomic mass is 32.2. The van der Waals surface area contributed by atoms with Crippen LogP contribution in [-0.4, -0.2) is 48.1 Å². The topological polar surface area (TPSA) is 40.5 Å². The van der Waals surface area contributed by atoms with Gasteiger partial charge in [0.1, 0.15) is 0 Å². The van der Waals surface area contributed by atoms with Gasteiger partial charge in [0.05, 0.1) is 5.92 Å². The second kappa shape index (κ2) is 4.86. The van der Waals surface area contributed by atoms with E-state index in [4.69, 9.17) is 5.11 Å². The molecule has 0 bridgehead atoms. The van der Waals surface area contributed by atoms with Gasteiger partial charge in [-0.15, -0.1) is 0 Å². The van der Waals surface area contributed by atoms with E-state index >= 15 is 0 Å². The van der Waals surface area contributed by atoms with Crippen LogP contribution in [0.1, 0.15) is 6.42 Å². The normalized spacial score (nSPS) is 25.0. The van der Waals surface area contributed by atoms with E-state index in [9.17, 15) is 4.79 Å². The molecular weight excluding hydrogens is 186 g/mol. The molecule has 1 rings (SSSR count). The second-order valence-electron chi connectivity index (χ2n) is 3.83. The maximum absolute atomic E-state index is 11.0. The van der Waals surface area contributed by atoms with Crippen LogP contribution in [-0.2, 0) is 4.79 Å². The molecule has 2 unspecified atom stereocenters. The van der Waals surface area contributed by atoms with Crippen molar-refractivity contribution in [3.8, 4) is 0 Å². The second-order valence-corrected chi connectivity index (χ2v) is 4.98. The number of aliphatic carboxylic acids is 1. The Morgan fingerprint density at radius 3 is 2.77 bits per heavy atom. The summed E-state index contributed by atoms with van der Waals surface area (Å²) in [6, 6.07) is 0. The van der Waals surface area contributed by atoms with Gasteiger partial charge >= 0.3 is 5.97 Å². The molecule has 0 aliphatic carbocycles. The Balaban J connectivity index is 2.50. The highest BCUT2D eigenvalue weighted by Crippen LogP contribution is 2.30. The van der Waals surface area contributed by atoms with E-state index in [1.165, 1.54) is 0 Å². The minimum absolute atomic E-state index is 0.176. The van der Waals surface area contributed by atoms with Crippen molar-refractivity contribution >= 4 is 17.7 Å². The van der Waals surface area contributed by atoms with Gasteiger partial charge in [-0.25, -0.2) is 0 Å². The molecule has 0 aromatic heterocycles.